The third kappa shape index (κ3) is 2.06. The molecular formula is C11H14INOS. The summed E-state index contributed by atoms with van der Waals surface area (Å²) < 4.78 is 1.08. The van der Waals surface area contributed by atoms with Crippen LogP contribution in [0.2, 0.25) is 0 Å². The number of hydrogen-bond donors (Lipinski definition) is 0. The van der Waals surface area contributed by atoms with Crippen LogP contribution in [0.1, 0.15) is 29.9 Å². The Kier molecular flexibility index (Phi) is 3.07. The minimum atomic E-state index is 0.209. The van der Waals surface area contributed by atoms with Crippen molar-refractivity contribution in [3.63, 3.8) is 0 Å². The summed E-state index contributed by atoms with van der Waals surface area (Å²) in [6.07, 6.45) is 1.15. The molecule has 1 aliphatic rings. The summed E-state index contributed by atoms with van der Waals surface area (Å²) in [6, 6.07) is 2.00. The summed E-state index contributed by atoms with van der Waals surface area (Å²) in [7, 11) is 0. The molecule has 1 fully saturated rings. The number of amides is 1. The van der Waals surface area contributed by atoms with Gasteiger partial charge in [0.25, 0.3) is 5.91 Å². The molecule has 0 N–H and O–H groups in total. The van der Waals surface area contributed by atoms with Gasteiger partial charge in [-0.25, -0.2) is 0 Å². The minimum absolute atomic E-state index is 0.209. The Labute approximate surface area is 108 Å². The second-order valence-electron chi connectivity index (χ2n) is 4.42. The summed E-state index contributed by atoms with van der Waals surface area (Å²) in [6.45, 7) is 6.26. The van der Waals surface area contributed by atoms with Crippen molar-refractivity contribution < 1.29 is 4.79 Å². The van der Waals surface area contributed by atoms with Crippen LogP contribution in [0.4, 0.5) is 0 Å². The maximum Gasteiger partial charge on any atom is 0.265 e. The summed E-state index contributed by atoms with van der Waals surface area (Å²) in [5.74, 6) is 0.209. The van der Waals surface area contributed by atoms with Crippen LogP contribution >= 0.6 is 33.9 Å². The smallest absolute Gasteiger partial charge is 0.265 e. The van der Waals surface area contributed by atoms with E-state index in [9.17, 15) is 4.79 Å². The second-order valence-corrected chi connectivity index (χ2v) is 6.50. The van der Waals surface area contributed by atoms with Crippen LogP contribution in [0.5, 0.6) is 0 Å². The Morgan fingerprint density at radius 2 is 2.33 bits per heavy atom. The Balaban J connectivity index is 2.04. The van der Waals surface area contributed by atoms with Crippen LogP contribution < -0.4 is 0 Å². The summed E-state index contributed by atoms with van der Waals surface area (Å²) in [5.41, 5.74) is 0.359. The van der Waals surface area contributed by atoms with Crippen molar-refractivity contribution in [3.05, 3.63) is 19.9 Å². The molecule has 1 aliphatic heterocycles. The molecule has 1 amide bonds. The van der Waals surface area contributed by atoms with Crippen LogP contribution in [0.3, 0.4) is 0 Å². The predicted molar refractivity (Wildman–Crippen MR) is 71.3 cm³/mol. The molecule has 82 valence electrons. The molecule has 1 saturated heterocycles. The van der Waals surface area contributed by atoms with E-state index in [1.807, 2.05) is 16.3 Å². The van der Waals surface area contributed by atoms with Gasteiger partial charge in [-0.2, -0.15) is 0 Å². The van der Waals surface area contributed by atoms with Crippen molar-refractivity contribution in [1.29, 1.82) is 0 Å². The molecule has 15 heavy (non-hydrogen) atoms. The quantitative estimate of drug-likeness (QED) is 0.760. The van der Waals surface area contributed by atoms with Crippen molar-refractivity contribution in [1.82, 2.24) is 4.90 Å². The number of carbonyl (C=O) groups is 1. The van der Waals surface area contributed by atoms with E-state index in [2.05, 4.69) is 36.4 Å². The fraction of sp³-hybridized carbons (Fsp3) is 0.545. The van der Waals surface area contributed by atoms with Crippen LogP contribution in [0.15, 0.2) is 11.4 Å². The number of rotatable bonds is 2. The largest absolute Gasteiger partial charge is 0.337 e. The van der Waals surface area contributed by atoms with Crippen LogP contribution in [0.25, 0.3) is 0 Å². The van der Waals surface area contributed by atoms with E-state index in [1.165, 1.54) is 0 Å². The molecule has 0 aromatic carbocycles. The lowest BCUT2D eigenvalue weighted by molar-refractivity contribution is 0.0137. The van der Waals surface area contributed by atoms with Gasteiger partial charge in [-0.15, -0.1) is 11.3 Å². The molecule has 0 aliphatic carbocycles. The summed E-state index contributed by atoms with van der Waals surface area (Å²) in [4.78, 5) is 14.9. The zero-order chi connectivity index (χ0) is 11.1. The van der Waals surface area contributed by atoms with Gasteiger partial charge in [0.1, 0.15) is 4.88 Å². The van der Waals surface area contributed by atoms with Gasteiger partial charge in [0, 0.05) is 22.1 Å². The minimum Gasteiger partial charge on any atom is -0.337 e. The van der Waals surface area contributed by atoms with Crippen molar-refractivity contribution >= 4 is 39.8 Å². The lowest BCUT2D eigenvalue weighted by Gasteiger charge is -2.47. The average molecular weight is 335 g/mol. The first-order valence-electron chi connectivity index (χ1n) is 5.08. The molecule has 2 rings (SSSR count). The van der Waals surface area contributed by atoms with E-state index in [4.69, 9.17) is 0 Å². The Morgan fingerprint density at radius 3 is 2.80 bits per heavy atom. The third-order valence-corrected chi connectivity index (χ3v) is 5.26. The van der Waals surface area contributed by atoms with Gasteiger partial charge in [-0.05, 0) is 40.5 Å². The van der Waals surface area contributed by atoms with Crippen LogP contribution in [-0.2, 0) is 0 Å². The third-order valence-electron chi connectivity index (χ3n) is 3.10. The topological polar surface area (TPSA) is 20.3 Å². The zero-order valence-corrected chi connectivity index (χ0v) is 11.9. The highest BCUT2D eigenvalue weighted by Gasteiger charge is 2.40. The first-order chi connectivity index (χ1) is 7.06. The van der Waals surface area contributed by atoms with E-state index >= 15 is 0 Å². The monoisotopic (exact) mass is 335 g/mol. The predicted octanol–water partition coefficient (Wildman–Crippen LogP) is 3.22. The first kappa shape index (κ1) is 11.4. The first-order valence-corrected chi connectivity index (χ1v) is 7.04. The molecule has 1 aromatic rings. The number of hydrogen-bond acceptors (Lipinski definition) is 2. The van der Waals surface area contributed by atoms with Crippen LogP contribution in [0, 0.1) is 8.99 Å². The van der Waals surface area contributed by atoms with Gasteiger partial charge in [0.2, 0.25) is 0 Å². The molecule has 0 atom stereocenters. The van der Waals surface area contributed by atoms with Crippen molar-refractivity contribution in [3.8, 4) is 0 Å². The SMILES string of the molecule is CCC1(C)CN(C(=O)c2sccc2I)C1. The molecule has 0 radical (unpaired) electrons. The lowest BCUT2D eigenvalue weighted by atomic mass is 9.79. The molecule has 0 bridgehead atoms. The van der Waals surface area contributed by atoms with Crippen molar-refractivity contribution in [2.75, 3.05) is 13.1 Å². The summed E-state index contributed by atoms with van der Waals surface area (Å²) in [5, 5.41) is 1.98. The Bertz CT molecular complexity index is 382. The van der Waals surface area contributed by atoms with E-state index in [1.54, 1.807) is 11.3 Å². The molecule has 4 heteroatoms. The number of thiophene rings is 1. The lowest BCUT2D eigenvalue weighted by Crippen LogP contribution is -2.56. The van der Waals surface area contributed by atoms with Gasteiger partial charge < -0.3 is 4.90 Å². The number of halogens is 1. The van der Waals surface area contributed by atoms with E-state index in [0.717, 1.165) is 28.0 Å². The molecule has 0 saturated carbocycles. The number of nitrogens with zero attached hydrogens (tertiary/aromatic N) is 1. The maximum absolute atomic E-state index is 12.0. The molecule has 1 aromatic heterocycles. The Hall–Kier alpha value is -0.100. The number of carbonyl (C=O) groups excluding carboxylic acids is 1. The highest BCUT2D eigenvalue weighted by atomic mass is 127. The Morgan fingerprint density at radius 1 is 1.67 bits per heavy atom. The van der Waals surface area contributed by atoms with Gasteiger partial charge in [-0.3, -0.25) is 4.79 Å². The normalized spacial score (nSPS) is 18.7. The highest BCUT2D eigenvalue weighted by Crippen LogP contribution is 2.35. The molecule has 0 unspecified atom stereocenters. The fourth-order valence-corrected chi connectivity index (χ4v) is 3.62. The summed E-state index contributed by atoms with van der Waals surface area (Å²) >= 11 is 3.77. The van der Waals surface area contributed by atoms with Crippen molar-refractivity contribution in [2.45, 2.75) is 20.3 Å². The second kappa shape index (κ2) is 4.05. The molecule has 2 nitrogen and oxygen atoms in total. The van der Waals surface area contributed by atoms with Gasteiger partial charge >= 0.3 is 0 Å². The number of likely N-dealkylation sites (tertiary alicyclic amines) is 1. The fourth-order valence-electron chi connectivity index (χ4n) is 1.83. The highest BCUT2D eigenvalue weighted by molar-refractivity contribution is 14.1. The van der Waals surface area contributed by atoms with Crippen LogP contribution in [-0.4, -0.2) is 23.9 Å². The average Bonchev–Trinajstić information content (AvgIpc) is 2.58. The molecule has 2 heterocycles. The van der Waals surface area contributed by atoms with Gasteiger partial charge in [0.15, 0.2) is 0 Å². The van der Waals surface area contributed by atoms with Gasteiger partial charge in [-0.1, -0.05) is 13.8 Å². The maximum atomic E-state index is 12.0. The van der Waals surface area contributed by atoms with Crippen molar-refractivity contribution in [2.24, 2.45) is 5.41 Å². The molecule has 0 spiro atoms. The zero-order valence-electron chi connectivity index (χ0n) is 8.92. The van der Waals surface area contributed by atoms with E-state index in [-0.39, 0.29) is 5.91 Å². The standard InChI is InChI=1S/C11H14INOS/c1-3-11(2)6-13(7-11)10(14)9-8(12)4-5-15-9/h4-5H,3,6-7H2,1-2H3. The van der Waals surface area contributed by atoms with Gasteiger partial charge in [0.05, 0.1) is 0 Å². The molecular weight excluding hydrogens is 321 g/mol. The van der Waals surface area contributed by atoms with E-state index in [0.29, 0.717) is 5.41 Å². The van der Waals surface area contributed by atoms with E-state index < -0.39 is 0 Å².